The topological polar surface area (TPSA) is 52.3 Å². The Hall–Kier alpha value is -1.35. The molecule has 1 aromatic carbocycles. The minimum absolute atomic E-state index is 0.351. The summed E-state index contributed by atoms with van der Waals surface area (Å²) < 4.78 is 0. The number of hydrogen-bond donors (Lipinski definition) is 1. The Labute approximate surface area is 77.5 Å². The Morgan fingerprint density at radius 2 is 2.00 bits per heavy atom. The van der Waals surface area contributed by atoms with E-state index in [0.717, 1.165) is 12.8 Å². The van der Waals surface area contributed by atoms with E-state index >= 15 is 0 Å². The Kier molecular flexibility index (Phi) is 3.99. The monoisotopic (exact) mass is 179 g/mol. The molecule has 0 bridgehead atoms. The van der Waals surface area contributed by atoms with Crippen LogP contribution in [0.3, 0.4) is 0 Å². The van der Waals surface area contributed by atoms with Crippen LogP contribution in [-0.4, -0.2) is 5.97 Å². The lowest BCUT2D eigenvalue weighted by molar-refractivity contribution is -0.144. The van der Waals surface area contributed by atoms with Crippen molar-refractivity contribution < 1.29 is 9.63 Å². The molecular formula is C10H13NO2. The van der Waals surface area contributed by atoms with Crippen LogP contribution in [0.4, 0.5) is 0 Å². The van der Waals surface area contributed by atoms with Crippen molar-refractivity contribution in [3.63, 3.8) is 0 Å². The fourth-order valence-corrected chi connectivity index (χ4v) is 1.14. The first-order valence-corrected chi connectivity index (χ1v) is 4.26. The SMILES string of the molecule is NOC(=O)CCCc1ccccc1. The summed E-state index contributed by atoms with van der Waals surface area (Å²) in [6.45, 7) is 0. The molecule has 0 aliphatic carbocycles. The summed E-state index contributed by atoms with van der Waals surface area (Å²) in [4.78, 5) is 14.7. The predicted octanol–water partition coefficient (Wildman–Crippen LogP) is 1.43. The van der Waals surface area contributed by atoms with Crippen molar-refractivity contribution in [3.05, 3.63) is 35.9 Å². The van der Waals surface area contributed by atoms with Gasteiger partial charge in [0.1, 0.15) is 0 Å². The summed E-state index contributed by atoms with van der Waals surface area (Å²) in [6.07, 6.45) is 2.04. The first-order valence-electron chi connectivity index (χ1n) is 4.26. The van der Waals surface area contributed by atoms with Crippen LogP contribution >= 0.6 is 0 Å². The number of nitrogens with two attached hydrogens (primary N) is 1. The molecule has 0 spiro atoms. The van der Waals surface area contributed by atoms with Crippen molar-refractivity contribution in [2.24, 2.45) is 5.90 Å². The van der Waals surface area contributed by atoms with Crippen LogP contribution in [0.15, 0.2) is 30.3 Å². The minimum Gasteiger partial charge on any atom is -0.373 e. The molecule has 3 nitrogen and oxygen atoms in total. The van der Waals surface area contributed by atoms with Crippen molar-refractivity contribution in [1.82, 2.24) is 0 Å². The maximum Gasteiger partial charge on any atom is 0.324 e. The second-order valence-corrected chi connectivity index (χ2v) is 2.83. The molecule has 2 N–H and O–H groups in total. The molecule has 0 heterocycles. The molecule has 0 saturated carbocycles. The quantitative estimate of drug-likeness (QED) is 0.711. The van der Waals surface area contributed by atoms with Crippen LogP contribution in [0, 0.1) is 0 Å². The summed E-state index contributed by atoms with van der Waals surface area (Å²) in [5.41, 5.74) is 1.23. The van der Waals surface area contributed by atoms with Gasteiger partial charge in [0.15, 0.2) is 0 Å². The Bertz CT molecular complexity index is 259. The van der Waals surface area contributed by atoms with Gasteiger partial charge < -0.3 is 4.84 Å². The highest BCUT2D eigenvalue weighted by atomic mass is 16.7. The van der Waals surface area contributed by atoms with Crippen molar-refractivity contribution in [3.8, 4) is 0 Å². The van der Waals surface area contributed by atoms with Crippen molar-refractivity contribution in [2.75, 3.05) is 0 Å². The molecule has 0 unspecified atom stereocenters. The smallest absolute Gasteiger partial charge is 0.324 e. The molecule has 0 radical (unpaired) electrons. The summed E-state index contributed by atoms with van der Waals surface area (Å²) in [5.74, 6) is 4.35. The number of carbonyl (C=O) groups is 1. The standard InChI is InChI=1S/C10H13NO2/c11-13-10(12)8-4-7-9-5-2-1-3-6-9/h1-3,5-6H,4,7-8,11H2. The predicted molar refractivity (Wildman–Crippen MR) is 49.7 cm³/mol. The average Bonchev–Trinajstić information content (AvgIpc) is 2.19. The zero-order valence-electron chi connectivity index (χ0n) is 7.40. The van der Waals surface area contributed by atoms with E-state index in [-0.39, 0.29) is 5.97 Å². The maximum atomic E-state index is 10.7. The zero-order valence-corrected chi connectivity index (χ0v) is 7.40. The van der Waals surface area contributed by atoms with Gasteiger partial charge in [-0.2, -0.15) is 5.90 Å². The third kappa shape index (κ3) is 3.71. The minimum atomic E-state index is -0.351. The Morgan fingerprint density at radius 3 is 2.62 bits per heavy atom. The van der Waals surface area contributed by atoms with E-state index in [2.05, 4.69) is 4.84 Å². The normalized spacial score (nSPS) is 9.62. The van der Waals surface area contributed by atoms with Crippen molar-refractivity contribution in [1.29, 1.82) is 0 Å². The van der Waals surface area contributed by atoms with Crippen LogP contribution in [0.1, 0.15) is 18.4 Å². The molecule has 0 amide bonds. The van der Waals surface area contributed by atoms with Gasteiger partial charge in [-0.25, -0.2) is 0 Å². The molecule has 13 heavy (non-hydrogen) atoms. The van der Waals surface area contributed by atoms with Gasteiger partial charge in [-0.05, 0) is 18.4 Å². The highest BCUT2D eigenvalue weighted by Gasteiger charge is 2.00. The van der Waals surface area contributed by atoms with E-state index in [0.29, 0.717) is 6.42 Å². The maximum absolute atomic E-state index is 10.7. The van der Waals surface area contributed by atoms with Gasteiger partial charge in [-0.3, -0.25) is 4.79 Å². The third-order valence-electron chi connectivity index (χ3n) is 1.82. The fraction of sp³-hybridized carbons (Fsp3) is 0.300. The molecule has 70 valence electrons. The summed E-state index contributed by atoms with van der Waals surface area (Å²) >= 11 is 0. The second-order valence-electron chi connectivity index (χ2n) is 2.83. The first kappa shape index (κ1) is 9.74. The molecule has 1 rings (SSSR count). The van der Waals surface area contributed by atoms with Crippen molar-refractivity contribution in [2.45, 2.75) is 19.3 Å². The molecule has 0 saturated heterocycles. The lowest BCUT2D eigenvalue weighted by Crippen LogP contribution is -2.09. The summed E-state index contributed by atoms with van der Waals surface area (Å²) in [5, 5.41) is 0. The highest BCUT2D eigenvalue weighted by Crippen LogP contribution is 2.04. The van der Waals surface area contributed by atoms with Crippen molar-refractivity contribution >= 4 is 5.97 Å². The molecule has 1 aromatic rings. The van der Waals surface area contributed by atoms with Crippen LogP contribution in [0.2, 0.25) is 0 Å². The molecule has 0 aromatic heterocycles. The van der Waals surface area contributed by atoms with E-state index in [4.69, 9.17) is 5.90 Å². The average molecular weight is 179 g/mol. The zero-order chi connectivity index (χ0) is 9.52. The lowest BCUT2D eigenvalue weighted by Gasteiger charge is -1.99. The molecule has 0 fully saturated rings. The number of benzene rings is 1. The van der Waals surface area contributed by atoms with Gasteiger partial charge in [0.05, 0.1) is 0 Å². The van der Waals surface area contributed by atoms with E-state index in [1.807, 2.05) is 30.3 Å². The number of aryl methyl sites for hydroxylation is 1. The van der Waals surface area contributed by atoms with Crippen LogP contribution < -0.4 is 5.90 Å². The highest BCUT2D eigenvalue weighted by molar-refractivity contribution is 5.68. The van der Waals surface area contributed by atoms with E-state index in [9.17, 15) is 4.79 Å². The van der Waals surface area contributed by atoms with Gasteiger partial charge in [0.25, 0.3) is 0 Å². The van der Waals surface area contributed by atoms with E-state index in [1.54, 1.807) is 0 Å². The Morgan fingerprint density at radius 1 is 1.31 bits per heavy atom. The number of carbonyl (C=O) groups excluding carboxylic acids is 1. The van der Waals surface area contributed by atoms with Crippen LogP contribution in [0.5, 0.6) is 0 Å². The Balaban J connectivity index is 2.24. The molecule has 0 atom stereocenters. The molecule has 0 aliphatic heterocycles. The largest absolute Gasteiger partial charge is 0.373 e. The van der Waals surface area contributed by atoms with Gasteiger partial charge in [-0.1, -0.05) is 30.3 Å². The first-order chi connectivity index (χ1) is 6.33. The molecular weight excluding hydrogens is 166 g/mol. The van der Waals surface area contributed by atoms with Gasteiger partial charge in [0.2, 0.25) is 0 Å². The third-order valence-corrected chi connectivity index (χ3v) is 1.82. The summed E-state index contributed by atoms with van der Waals surface area (Å²) in [6, 6.07) is 10.0. The number of hydrogen-bond acceptors (Lipinski definition) is 3. The second kappa shape index (κ2) is 5.32. The van der Waals surface area contributed by atoms with Crippen LogP contribution in [0.25, 0.3) is 0 Å². The van der Waals surface area contributed by atoms with E-state index < -0.39 is 0 Å². The van der Waals surface area contributed by atoms with Gasteiger partial charge in [-0.15, -0.1) is 0 Å². The summed E-state index contributed by atoms with van der Waals surface area (Å²) in [7, 11) is 0. The molecule has 0 aliphatic rings. The van der Waals surface area contributed by atoms with Crippen LogP contribution in [-0.2, 0) is 16.1 Å². The van der Waals surface area contributed by atoms with Gasteiger partial charge in [0, 0.05) is 6.42 Å². The van der Waals surface area contributed by atoms with E-state index in [1.165, 1.54) is 5.56 Å². The fourth-order valence-electron chi connectivity index (χ4n) is 1.14. The van der Waals surface area contributed by atoms with Gasteiger partial charge >= 0.3 is 5.97 Å². The molecule has 3 heteroatoms. The lowest BCUT2D eigenvalue weighted by atomic mass is 10.1. The number of rotatable bonds is 4.